The highest BCUT2D eigenvalue weighted by atomic mass is 16.5. The molecule has 1 aromatic carbocycles. The molecule has 2 fully saturated rings. The molecule has 4 rings (SSSR count). The highest BCUT2D eigenvalue weighted by Crippen LogP contribution is 2.56. The molecule has 3 heteroatoms. The van der Waals surface area contributed by atoms with E-state index in [-0.39, 0.29) is 11.0 Å². The molecule has 0 aliphatic heterocycles. The van der Waals surface area contributed by atoms with Crippen molar-refractivity contribution in [1.29, 1.82) is 0 Å². The molecule has 3 nitrogen and oxygen atoms in total. The molecule has 1 heterocycles. The maximum Gasteiger partial charge on any atom is 0.336 e. The highest BCUT2D eigenvalue weighted by molar-refractivity contribution is 5.77. The third-order valence-corrected chi connectivity index (χ3v) is 6.99. The van der Waals surface area contributed by atoms with Gasteiger partial charge in [0.2, 0.25) is 0 Å². The maximum atomic E-state index is 11.5. The third kappa shape index (κ3) is 2.98. The number of hydrogen-bond acceptors (Lipinski definition) is 3. The standard InChI is InChI=1S/C23H28O3/c1-15-5-4-12-23(3)19(15)10-6-16(2)20(23)14-25-18-9-7-17-8-11-22(24)26-21(17)13-18/h7-9,11,13,15,19-20H,2,4-6,10,12,14H2,1,3H3/t15-,19?,20-,23-/m0/s1. The van der Waals surface area contributed by atoms with Crippen LogP contribution in [0, 0.1) is 23.2 Å². The molecular weight excluding hydrogens is 324 g/mol. The number of fused-ring (bicyclic) bond motifs is 2. The van der Waals surface area contributed by atoms with E-state index in [2.05, 4.69) is 20.4 Å². The lowest BCUT2D eigenvalue weighted by Gasteiger charge is -2.53. The Morgan fingerprint density at radius 2 is 2.08 bits per heavy atom. The van der Waals surface area contributed by atoms with Crippen LogP contribution >= 0.6 is 0 Å². The van der Waals surface area contributed by atoms with Gasteiger partial charge in [-0.1, -0.05) is 38.8 Å². The van der Waals surface area contributed by atoms with Gasteiger partial charge in [-0.15, -0.1) is 0 Å². The van der Waals surface area contributed by atoms with Crippen molar-refractivity contribution in [3.05, 3.63) is 52.9 Å². The Bertz CT molecular complexity index is 880. The molecule has 0 spiro atoms. The van der Waals surface area contributed by atoms with Crippen molar-refractivity contribution in [3.8, 4) is 5.75 Å². The summed E-state index contributed by atoms with van der Waals surface area (Å²) in [5.41, 5.74) is 1.87. The van der Waals surface area contributed by atoms with Crippen LogP contribution in [0.3, 0.4) is 0 Å². The molecular formula is C23H28O3. The number of rotatable bonds is 3. The molecule has 0 N–H and O–H groups in total. The van der Waals surface area contributed by atoms with Crippen LogP contribution in [0.2, 0.25) is 0 Å². The number of benzene rings is 1. The molecule has 1 unspecified atom stereocenters. The zero-order valence-electron chi connectivity index (χ0n) is 15.8. The van der Waals surface area contributed by atoms with Gasteiger partial charge in [0, 0.05) is 23.4 Å². The van der Waals surface area contributed by atoms with E-state index in [1.54, 1.807) is 6.07 Å². The van der Waals surface area contributed by atoms with Gasteiger partial charge in [0.1, 0.15) is 11.3 Å². The average Bonchev–Trinajstić information content (AvgIpc) is 2.60. The summed E-state index contributed by atoms with van der Waals surface area (Å²) in [6, 6.07) is 8.95. The molecule has 2 saturated carbocycles. The summed E-state index contributed by atoms with van der Waals surface area (Å²) in [7, 11) is 0. The van der Waals surface area contributed by atoms with Crippen LogP contribution in [-0.2, 0) is 0 Å². The van der Waals surface area contributed by atoms with Crippen LogP contribution in [0.4, 0.5) is 0 Å². The predicted molar refractivity (Wildman–Crippen MR) is 104 cm³/mol. The Balaban J connectivity index is 1.56. The summed E-state index contributed by atoms with van der Waals surface area (Å²) in [6.07, 6.45) is 6.31. The third-order valence-electron chi connectivity index (χ3n) is 6.99. The minimum atomic E-state index is -0.332. The second-order valence-corrected chi connectivity index (χ2v) is 8.50. The van der Waals surface area contributed by atoms with Crippen LogP contribution in [0.5, 0.6) is 5.75 Å². The number of ether oxygens (including phenoxy) is 1. The minimum Gasteiger partial charge on any atom is -0.493 e. The van der Waals surface area contributed by atoms with Crippen LogP contribution < -0.4 is 10.4 Å². The summed E-state index contributed by atoms with van der Waals surface area (Å²) >= 11 is 0. The molecule has 1 aromatic heterocycles. The zero-order valence-corrected chi connectivity index (χ0v) is 15.8. The molecule has 2 aliphatic rings. The molecule has 0 bridgehead atoms. The van der Waals surface area contributed by atoms with Crippen LogP contribution in [-0.4, -0.2) is 6.61 Å². The topological polar surface area (TPSA) is 39.4 Å². The molecule has 0 radical (unpaired) electrons. The van der Waals surface area contributed by atoms with E-state index in [0.29, 0.717) is 18.1 Å². The fourth-order valence-electron chi connectivity index (χ4n) is 5.49. The Hall–Kier alpha value is -2.03. The van der Waals surface area contributed by atoms with Gasteiger partial charge >= 0.3 is 5.63 Å². The smallest absolute Gasteiger partial charge is 0.336 e. The molecule has 138 valence electrons. The molecule has 0 amide bonds. The van der Waals surface area contributed by atoms with Crippen molar-refractivity contribution in [2.45, 2.75) is 46.0 Å². The van der Waals surface area contributed by atoms with E-state index in [9.17, 15) is 4.79 Å². The molecule has 26 heavy (non-hydrogen) atoms. The quantitative estimate of drug-likeness (QED) is 0.535. The largest absolute Gasteiger partial charge is 0.493 e. The van der Waals surface area contributed by atoms with Crippen LogP contribution in [0.15, 0.2) is 51.7 Å². The lowest BCUT2D eigenvalue weighted by Crippen LogP contribution is -2.47. The van der Waals surface area contributed by atoms with E-state index >= 15 is 0 Å². The Labute approximate surface area is 155 Å². The first-order chi connectivity index (χ1) is 12.5. The van der Waals surface area contributed by atoms with Crippen LogP contribution in [0.25, 0.3) is 11.0 Å². The van der Waals surface area contributed by atoms with Gasteiger partial charge in [0.15, 0.2) is 0 Å². The van der Waals surface area contributed by atoms with Crippen molar-refractivity contribution in [2.75, 3.05) is 6.61 Å². The lowest BCUT2D eigenvalue weighted by molar-refractivity contribution is -0.0197. The van der Waals surface area contributed by atoms with Gasteiger partial charge in [0.05, 0.1) is 6.61 Å². The van der Waals surface area contributed by atoms with Gasteiger partial charge in [-0.2, -0.15) is 0 Å². The first kappa shape index (κ1) is 17.4. The van der Waals surface area contributed by atoms with Crippen molar-refractivity contribution in [1.82, 2.24) is 0 Å². The SMILES string of the molecule is C=C1CCC2[C@@H](C)CCC[C@]2(C)[C@H]1COc1ccc2ccc(=O)oc2c1. The molecule has 2 aromatic rings. The summed E-state index contributed by atoms with van der Waals surface area (Å²) in [6.45, 7) is 9.91. The lowest BCUT2D eigenvalue weighted by atomic mass is 9.52. The minimum absolute atomic E-state index is 0.288. The Morgan fingerprint density at radius 3 is 2.92 bits per heavy atom. The van der Waals surface area contributed by atoms with Crippen molar-refractivity contribution >= 4 is 11.0 Å². The van der Waals surface area contributed by atoms with Crippen molar-refractivity contribution in [3.63, 3.8) is 0 Å². The summed E-state index contributed by atoms with van der Waals surface area (Å²) in [4.78, 5) is 11.5. The predicted octanol–water partition coefficient (Wildman–Crippen LogP) is 5.58. The van der Waals surface area contributed by atoms with Gasteiger partial charge in [-0.05, 0) is 54.7 Å². The summed E-state index contributed by atoms with van der Waals surface area (Å²) in [5.74, 6) is 2.71. The van der Waals surface area contributed by atoms with E-state index in [0.717, 1.165) is 29.4 Å². The summed E-state index contributed by atoms with van der Waals surface area (Å²) in [5, 5.41) is 0.909. The zero-order chi connectivity index (χ0) is 18.3. The van der Waals surface area contributed by atoms with E-state index < -0.39 is 0 Å². The molecule has 0 saturated heterocycles. The van der Waals surface area contributed by atoms with E-state index in [4.69, 9.17) is 9.15 Å². The number of hydrogen-bond donors (Lipinski definition) is 0. The van der Waals surface area contributed by atoms with Crippen molar-refractivity contribution < 1.29 is 9.15 Å². The van der Waals surface area contributed by atoms with E-state index in [1.165, 1.54) is 37.3 Å². The van der Waals surface area contributed by atoms with Gasteiger partial charge in [0.25, 0.3) is 0 Å². The first-order valence-corrected chi connectivity index (χ1v) is 9.82. The summed E-state index contributed by atoms with van der Waals surface area (Å²) < 4.78 is 11.5. The van der Waals surface area contributed by atoms with Crippen molar-refractivity contribution in [2.24, 2.45) is 23.2 Å². The molecule has 4 atom stereocenters. The van der Waals surface area contributed by atoms with Gasteiger partial charge in [-0.25, -0.2) is 4.79 Å². The monoisotopic (exact) mass is 352 g/mol. The highest BCUT2D eigenvalue weighted by Gasteiger charge is 2.49. The fraction of sp³-hybridized carbons (Fsp3) is 0.522. The fourth-order valence-corrected chi connectivity index (χ4v) is 5.49. The second-order valence-electron chi connectivity index (χ2n) is 8.50. The van der Waals surface area contributed by atoms with Crippen LogP contribution in [0.1, 0.15) is 46.0 Å². The van der Waals surface area contributed by atoms with E-state index in [1.807, 2.05) is 18.2 Å². The van der Waals surface area contributed by atoms with Gasteiger partial charge in [-0.3, -0.25) is 0 Å². The Morgan fingerprint density at radius 1 is 1.27 bits per heavy atom. The van der Waals surface area contributed by atoms with Gasteiger partial charge < -0.3 is 9.15 Å². The average molecular weight is 352 g/mol. The Kier molecular flexibility index (Phi) is 4.42. The second kappa shape index (κ2) is 6.61. The molecule has 2 aliphatic carbocycles. The maximum absolute atomic E-state index is 11.5. The normalized spacial score (nSPS) is 31.6. The first-order valence-electron chi connectivity index (χ1n) is 9.82.